The summed E-state index contributed by atoms with van der Waals surface area (Å²) in [7, 11) is 1.50. The number of aromatic nitrogens is 1. The smallest absolute Gasteiger partial charge is 0.319 e. The molecule has 1 rings (SSSR count). The number of nitro groups is 1. The van der Waals surface area contributed by atoms with Crippen molar-refractivity contribution in [3.63, 3.8) is 0 Å². The fourth-order valence-corrected chi connectivity index (χ4v) is 1.81. The van der Waals surface area contributed by atoms with E-state index in [0.717, 1.165) is 0 Å². The highest BCUT2D eigenvalue weighted by molar-refractivity contribution is 6.32. The standard InChI is InChI=1S/C12H14ClN3O4/c1-3-6-15(7-8-20-2)12(17)9-4-5-14-11(13)10(9)16(18)19/h3-5H,1,6-8H2,2H3. The van der Waals surface area contributed by atoms with Crippen molar-refractivity contribution >= 4 is 23.2 Å². The Labute approximate surface area is 121 Å². The molecule has 1 aromatic rings. The van der Waals surface area contributed by atoms with Gasteiger partial charge in [0.25, 0.3) is 5.91 Å². The average molecular weight is 300 g/mol. The van der Waals surface area contributed by atoms with Crippen LogP contribution in [-0.2, 0) is 4.74 Å². The Bertz CT molecular complexity index is 521. The highest BCUT2D eigenvalue weighted by Gasteiger charge is 2.27. The van der Waals surface area contributed by atoms with Crippen molar-refractivity contribution in [2.24, 2.45) is 0 Å². The summed E-state index contributed by atoms with van der Waals surface area (Å²) in [6, 6.07) is 1.27. The van der Waals surface area contributed by atoms with Crippen LogP contribution in [0.15, 0.2) is 24.9 Å². The van der Waals surface area contributed by atoms with Crippen LogP contribution in [0, 0.1) is 10.1 Å². The van der Waals surface area contributed by atoms with E-state index in [1.807, 2.05) is 0 Å². The van der Waals surface area contributed by atoms with E-state index in [9.17, 15) is 14.9 Å². The van der Waals surface area contributed by atoms with Gasteiger partial charge in [-0.15, -0.1) is 6.58 Å². The van der Waals surface area contributed by atoms with Gasteiger partial charge in [0, 0.05) is 26.4 Å². The Morgan fingerprint density at radius 2 is 2.40 bits per heavy atom. The third kappa shape index (κ3) is 3.75. The summed E-state index contributed by atoms with van der Waals surface area (Å²) in [5.41, 5.74) is -0.599. The van der Waals surface area contributed by atoms with E-state index in [4.69, 9.17) is 16.3 Å². The van der Waals surface area contributed by atoms with Crippen LogP contribution in [0.1, 0.15) is 10.4 Å². The number of ether oxygens (including phenoxy) is 1. The molecule has 0 aliphatic heterocycles. The molecule has 0 aromatic carbocycles. The first-order valence-electron chi connectivity index (χ1n) is 5.71. The summed E-state index contributed by atoms with van der Waals surface area (Å²) < 4.78 is 4.91. The van der Waals surface area contributed by atoms with Gasteiger partial charge < -0.3 is 9.64 Å². The van der Waals surface area contributed by atoms with Crippen LogP contribution in [0.25, 0.3) is 0 Å². The van der Waals surface area contributed by atoms with Crippen molar-refractivity contribution in [2.45, 2.75) is 0 Å². The topological polar surface area (TPSA) is 85.6 Å². The Hall–Kier alpha value is -1.99. The van der Waals surface area contributed by atoms with Gasteiger partial charge in [-0.2, -0.15) is 0 Å². The number of carbonyl (C=O) groups excluding carboxylic acids is 1. The van der Waals surface area contributed by atoms with Crippen molar-refractivity contribution in [3.8, 4) is 0 Å². The molecule has 108 valence electrons. The first-order chi connectivity index (χ1) is 9.52. The maximum Gasteiger partial charge on any atom is 0.319 e. The van der Waals surface area contributed by atoms with Crippen LogP contribution in [0.4, 0.5) is 5.69 Å². The number of methoxy groups -OCH3 is 1. The minimum atomic E-state index is -0.717. The number of pyridine rings is 1. The van der Waals surface area contributed by atoms with Gasteiger partial charge in [0.15, 0.2) is 0 Å². The molecule has 1 heterocycles. The van der Waals surface area contributed by atoms with Gasteiger partial charge in [-0.1, -0.05) is 17.7 Å². The predicted molar refractivity (Wildman–Crippen MR) is 73.9 cm³/mol. The van der Waals surface area contributed by atoms with Gasteiger partial charge in [-0.05, 0) is 6.07 Å². The van der Waals surface area contributed by atoms with Gasteiger partial charge in [-0.3, -0.25) is 14.9 Å². The number of halogens is 1. The lowest BCUT2D eigenvalue weighted by atomic mass is 10.2. The number of rotatable bonds is 7. The fourth-order valence-electron chi connectivity index (χ4n) is 1.58. The second-order valence-corrected chi connectivity index (χ2v) is 4.15. The Balaban J connectivity index is 3.14. The summed E-state index contributed by atoms with van der Waals surface area (Å²) in [6.45, 7) is 4.40. The Kier molecular flexibility index (Phi) is 6.08. The second kappa shape index (κ2) is 7.56. The number of carbonyl (C=O) groups is 1. The van der Waals surface area contributed by atoms with Crippen LogP contribution in [0.3, 0.4) is 0 Å². The van der Waals surface area contributed by atoms with Gasteiger partial charge in [-0.25, -0.2) is 4.98 Å². The van der Waals surface area contributed by atoms with Gasteiger partial charge in [0.1, 0.15) is 5.56 Å². The molecular formula is C12H14ClN3O4. The van der Waals surface area contributed by atoms with E-state index < -0.39 is 16.5 Å². The first-order valence-corrected chi connectivity index (χ1v) is 6.08. The largest absolute Gasteiger partial charge is 0.383 e. The molecule has 0 fully saturated rings. The third-order valence-electron chi connectivity index (χ3n) is 2.49. The lowest BCUT2D eigenvalue weighted by molar-refractivity contribution is -0.385. The molecule has 0 unspecified atom stereocenters. The van der Waals surface area contributed by atoms with Gasteiger partial charge in [0.2, 0.25) is 5.15 Å². The fraction of sp³-hybridized carbons (Fsp3) is 0.333. The van der Waals surface area contributed by atoms with E-state index in [1.165, 1.54) is 30.3 Å². The zero-order chi connectivity index (χ0) is 15.1. The highest BCUT2D eigenvalue weighted by Crippen LogP contribution is 2.27. The van der Waals surface area contributed by atoms with E-state index in [1.54, 1.807) is 0 Å². The van der Waals surface area contributed by atoms with E-state index in [2.05, 4.69) is 11.6 Å². The molecule has 0 atom stereocenters. The van der Waals surface area contributed by atoms with Crippen molar-refractivity contribution in [2.75, 3.05) is 26.8 Å². The van der Waals surface area contributed by atoms with Crippen LogP contribution in [0.5, 0.6) is 0 Å². The minimum absolute atomic E-state index is 0.104. The average Bonchev–Trinajstić information content (AvgIpc) is 2.42. The van der Waals surface area contributed by atoms with Crippen LogP contribution in [-0.4, -0.2) is 47.5 Å². The van der Waals surface area contributed by atoms with E-state index in [0.29, 0.717) is 13.2 Å². The van der Waals surface area contributed by atoms with Crippen LogP contribution in [0.2, 0.25) is 5.15 Å². The summed E-state index contributed by atoms with van der Waals surface area (Å²) in [6.07, 6.45) is 2.78. The van der Waals surface area contributed by atoms with E-state index >= 15 is 0 Å². The van der Waals surface area contributed by atoms with E-state index in [-0.39, 0.29) is 17.3 Å². The number of hydrogen-bond acceptors (Lipinski definition) is 5. The van der Waals surface area contributed by atoms with Crippen molar-refractivity contribution < 1.29 is 14.5 Å². The quantitative estimate of drug-likeness (QED) is 0.332. The van der Waals surface area contributed by atoms with Crippen LogP contribution >= 0.6 is 11.6 Å². The SMILES string of the molecule is C=CCN(CCOC)C(=O)c1ccnc(Cl)c1[N+](=O)[O-]. The molecule has 1 amide bonds. The molecule has 7 nitrogen and oxygen atoms in total. The molecule has 0 bridgehead atoms. The van der Waals surface area contributed by atoms with Crippen LogP contribution < -0.4 is 0 Å². The zero-order valence-electron chi connectivity index (χ0n) is 10.9. The molecule has 20 heavy (non-hydrogen) atoms. The molecule has 0 aliphatic rings. The second-order valence-electron chi connectivity index (χ2n) is 3.79. The summed E-state index contributed by atoms with van der Waals surface area (Å²) in [5, 5.41) is 10.7. The van der Waals surface area contributed by atoms with Crippen molar-refractivity contribution in [1.82, 2.24) is 9.88 Å². The number of amides is 1. The zero-order valence-corrected chi connectivity index (χ0v) is 11.7. The molecule has 1 aromatic heterocycles. The molecular weight excluding hydrogens is 286 g/mol. The molecule has 0 saturated heterocycles. The summed E-state index contributed by atoms with van der Waals surface area (Å²) in [5.74, 6) is -0.516. The summed E-state index contributed by atoms with van der Waals surface area (Å²) in [4.78, 5) is 27.6. The highest BCUT2D eigenvalue weighted by atomic mass is 35.5. The molecule has 8 heteroatoms. The van der Waals surface area contributed by atoms with Gasteiger partial charge in [0.05, 0.1) is 11.5 Å². The lowest BCUT2D eigenvalue weighted by Gasteiger charge is -2.20. The van der Waals surface area contributed by atoms with Gasteiger partial charge >= 0.3 is 5.69 Å². The number of hydrogen-bond donors (Lipinski definition) is 0. The van der Waals surface area contributed by atoms with Crippen molar-refractivity contribution in [1.29, 1.82) is 0 Å². The molecule has 0 radical (unpaired) electrons. The monoisotopic (exact) mass is 299 g/mol. The minimum Gasteiger partial charge on any atom is -0.383 e. The first kappa shape index (κ1) is 16.1. The Morgan fingerprint density at radius 3 is 2.95 bits per heavy atom. The lowest BCUT2D eigenvalue weighted by Crippen LogP contribution is -2.34. The summed E-state index contributed by atoms with van der Waals surface area (Å²) >= 11 is 5.69. The molecule has 0 aliphatic carbocycles. The molecule has 0 N–H and O–H groups in total. The maximum absolute atomic E-state index is 12.3. The Morgan fingerprint density at radius 1 is 1.70 bits per heavy atom. The maximum atomic E-state index is 12.3. The normalized spacial score (nSPS) is 10.1. The molecule has 0 saturated carbocycles. The third-order valence-corrected chi connectivity index (χ3v) is 2.77. The number of nitrogens with zero attached hydrogens (tertiary/aromatic N) is 3. The molecule has 0 spiro atoms. The van der Waals surface area contributed by atoms with Crippen molar-refractivity contribution in [3.05, 3.63) is 45.7 Å². The predicted octanol–water partition coefficient (Wildman–Crippen LogP) is 1.92.